The second kappa shape index (κ2) is 6.64. The van der Waals surface area contributed by atoms with Crippen LogP contribution < -0.4 is 33.7 Å². The van der Waals surface area contributed by atoms with Crippen LogP contribution in [0.1, 0.15) is 56.1 Å². The van der Waals surface area contributed by atoms with Gasteiger partial charge in [0.1, 0.15) is 11.5 Å². The summed E-state index contributed by atoms with van der Waals surface area (Å²) in [6.45, 7) is 2.15. The van der Waals surface area contributed by atoms with Gasteiger partial charge in [-0.1, -0.05) is 13.0 Å². The number of hydrogen-bond acceptors (Lipinski definition) is 5. The smallest absolute Gasteiger partial charge is 0.716 e. The number of benzene rings is 1. The second-order valence-corrected chi connectivity index (χ2v) is 8.67. The van der Waals surface area contributed by atoms with Crippen LogP contribution >= 0.6 is 0 Å². The molecule has 3 aliphatic rings. The first-order valence-electron chi connectivity index (χ1n) is 8.59. The first kappa shape index (κ1) is 19.4. The predicted octanol–water partition coefficient (Wildman–Crippen LogP) is -0.0452. The minimum absolute atomic E-state index is 0. The van der Waals surface area contributed by atoms with E-state index in [-0.39, 0.29) is 40.7 Å². The van der Waals surface area contributed by atoms with Crippen molar-refractivity contribution in [2.45, 2.75) is 51.4 Å². The molecular formula is C18H21NaO5S. The molecule has 130 valence electrons. The van der Waals surface area contributed by atoms with Crippen LogP contribution in [-0.4, -0.2) is 18.8 Å². The van der Waals surface area contributed by atoms with Crippen LogP contribution in [0.3, 0.4) is 0 Å². The number of Topliss-reactive ketones (excluding diaryl/α,β-unsaturated/α-hetero) is 1. The molecule has 25 heavy (non-hydrogen) atoms. The van der Waals surface area contributed by atoms with Gasteiger partial charge < -0.3 is 8.74 Å². The van der Waals surface area contributed by atoms with Gasteiger partial charge in [-0.3, -0.25) is 4.79 Å². The van der Waals surface area contributed by atoms with Crippen molar-refractivity contribution >= 4 is 16.2 Å². The molecular weight excluding hydrogens is 351 g/mol. The van der Waals surface area contributed by atoms with Crippen molar-refractivity contribution in [3.63, 3.8) is 0 Å². The summed E-state index contributed by atoms with van der Waals surface area (Å²) in [4.78, 5) is 12.3. The molecule has 0 aromatic heterocycles. The van der Waals surface area contributed by atoms with E-state index in [9.17, 15) is 17.8 Å². The zero-order valence-corrected chi connectivity index (χ0v) is 17.5. The quantitative estimate of drug-likeness (QED) is 0.413. The minimum Gasteiger partial charge on any atom is -0.716 e. The summed E-state index contributed by atoms with van der Waals surface area (Å²) in [5.41, 5.74) is 2.17. The molecule has 0 radical (unpaired) electrons. The van der Waals surface area contributed by atoms with E-state index in [4.69, 9.17) is 0 Å². The average Bonchev–Trinajstić information content (AvgIpc) is 2.81. The maximum Gasteiger partial charge on any atom is 1.00 e. The van der Waals surface area contributed by atoms with Gasteiger partial charge in [-0.05, 0) is 73.1 Å². The average molecular weight is 372 g/mol. The molecule has 0 aliphatic heterocycles. The van der Waals surface area contributed by atoms with Crippen LogP contribution in [-0.2, 0) is 21.6 Å². The Bertz CT molecular complexity index is 806. The number of hydrogen-bond donors (Lipinski definition) is 0. The van der Waals surface area contributed by atoms with Gasteiger partial charge in [0.05, 0.1) is 0 Å². The normalized spacial score (nSPS) is 33.7. The molecule has 0 heterocycles. The van der Waals surface area contributed by atoms with E-state index in [0.717, 1.165) is 37.7 Å². The van der Waals surface area contributed by atoms with E-state index in [1.807, 2.05) is 6.07 Å². The van der Waals surface area contributed by atoms with Crippen LogP contribution in [0.2, 0.25) is 0 Å². The monoisotopic (exact) mass is 372 g/mol. The van der Waals surface area contributed by atoms with Gasteiger partial charge in [0, 0.05) is 11.8 Å². The third-order valence-electron chi connectivity index (χ3n) is 6.61. The Labute approximate surface area is 170 Å². The summed E-state index contributed by atoms with van der Waals surface area (Å²) in [5, 5.41) is 0. The van der Waals surface area contributed by atoms with E-state index in [1.165, 1.54) is 5.56 Å². The molecule has 0 spiro atoms. The summed E-state index contributed by atoms with van der Waals surface area (Å²) < 4.78 is 36.8. The fourth-order valence-electron chi connectivity index (χ4n) is 5.50. The molecule has 3 aliphatic carbocycles. The van der Waals surface area contributed by atoms with Crippen molar-refractivity contribution in [1.82, 2.24) is 0 Å². The third kappa shape index (κ3) is 3.32. The van der Waals surface area contributed by atoms with Crippen molar-refractivity contribution in [1.29, 1.82) is 0 Å². The van der Waals surface area contributed by atoms with Gasteiger partial charge in [0.25, 0.3) is 10.4 Å². The summed E-state index contributed by atoms with van der Waals surface area (Å²) in [6.07, 6.45) is 5.50. The second-order valence-electron chi connectivity index (χ2n) is 7.69. The number of carbonyl (C=O) groups is 1. The summed E-state index contributed by atoms with van der Waals surface area (Å²) >= 11 is 0. The molecule has 2 fully saturated rings. The van der Waals surface area contributed by atoms with Crippen molar-refractivity contribution in [2.24, 2.45) is 17.3 Å². The summed E-state index contributed by atoms with van der Waals surface area (Å²) in [5.74, 6) is 1.95. The van der Waals surface area contributed by atoms with Crippen molar-refractivity contribution in [3.8, 4) is 5.75 Å². The topological polar surface area (TPSA) is 83.5 Å². The van der Waals surface area contributed by atoms with Crippen LogP contribution in [0.25, 0.3) is 0 Å². The van der Waals surface area contributed by atoms with Crippen molar-refractivity contribution in [2.75, 3.05) is 0 Å². The molecule has 4 rings (SSSR count). The Morgan fingerprint density at radius 3 is 2.68 bits per heavy atom. The first-order chi connectivity index (χ1) is 11.3. The molecule has 0 amide bonds. The maximum absolute atomic E-state index is 12.3. The Morgan fingerprint density at radius 1 is 1.20 bits per heavy atom. The molecule has 1 aromatic carbocycles. The molecule has 5 nitrogen and oxygen atoms in total. The van der Waals surface area contributed by atoms with Gasteiger partial charge in [-0.25, -0.2) is 8.42 Å². The molecule has 1 aromatic rings. The molecule has 4 atom stereocenters. The van der Waals surface area contributed by atoms with Crippen LogP contribution in [0.4, 0.5) is 0 Å². The van der Waals surface area contributed by atoms with E-state index in [2.05, 4.69) is 11.1 Å². The van der Waals surface area contributed by atoms with Crippen LogP contribution in [0.5, 0.6) is 5.75 Å². The molecule has 2 saturated carbocycles. The zero-order chi connectivity index (χ0) is 17.1. The minimum atomic E-state index is -4.74. The number of rotatable bonds is 2. The molecule has 1 unspecified atom stereocenters. The van der Waals surface area contributed by atoms with E-state index in [1.54, 1.807) is 12.1 Å². The van der Waals surface area contributed by atoms with Gasteiger partial charge >= 0.3 is 29.6 Å². The van der Waals surface area contributed by atoms with E-state index < -0.39 is 10.4 Å². The largest absolute Gasteiger partial charge is 1.00 e. The van der Waals surface area contributed by atoms with Gasteiger partial charge in [0.2, 0.25) is 0 Å². The Kier molecular flexibility index (Phi) is 5.14. The fraction of sp³-hybridized carbons (Fsp3) is 0.611. The third-order valence-corrected chi connectivity index (χ3v) is 7.00. The first-order valence-corrected chi connectivity index (χ1v) is 9.93. The Morgan fingerprint density at radius 2 is 1.96 bits per heavy atom. The molecule has 0 bridgehead atoms. The van der Waals surface area contributed by atoms with E-state index >= 15 is 0 Å². The molecule has 0 saturated heterocycles. The van der Waals surface area contributed by atoms with Crippen molar-refractivity contribution < 1.29 is 51.5 Å². The maximum atomic E-state index is 12.3. The number of carbonyl (C=O) groups excluding carboxylic acids is 1. The summed E-state index contributed by atoms with van der Waals surface area (Å²) in [6, 6.07) is 5.17. The Balaban J connectivity index is 0.00000182. The molecule has 7 heteroatoms. The fourth-order valence-corrected chi connectivity index (χ4v) is 5.84. The van der Waals surface area contributed by atoms with Gasteiger partial charge in [-0.2, -0.15) is 0 Å². The van der Waals surface area contributed by atoms with E-state index in [0.29, 0.717) is 30.0 Å². The zero-order valence-electron chi connectivity index (χ0n) is 14.7. The number of fused-ring (bicyclic) bond motifs is 5. The summed E-state index contributed by atoms with van der Waals surface area (Å²) in [7, 11) is -4.74. The van der Waals surface area contributed by atoms with Crippen molar-refractivity contribution in [3.05, 3.63) is 29.3 Å². The Hall–Kier alpha value is -0.400. The number of aryl methyl sites for hydroxylation is 1. The van der Waals surface area contributed by atoms with Crippen LogP contribution in [0, 0.1) is 17.3 Å². The van der Waals surface area contributed by atoms with Gasteiger partial charge in [0.15, 0.2) is 0 Å². The molecule has 0 N–H and O–H groups in total. The number of ketones is 1. The standard InChI is InChI=1S/C18H22O5S.Na/c1-18-9-8-14-13-5-3-12(23-24(20,21)22)10-11(13)2-4-15(14)16(18)6-7-17(18)19;/h3,5,10,14-16H,2,4,6-9H2,1H3,(H,20,21,22);/q;+1/p-1/t14-,15-,16+,18?;/m1./s1. The SMILES string of the molecule is CC12CC[C@@H]3c4ccc(OS(=O)(=O)[O-])cc4CC[C@H]3[C@@H]1CCC2=O.[Na+]. The van der Waals surface area contributed by atoms with Crippen LogP contribution in [0.15, 0.2) is 18.2 Å². The van der Waals surface area contributed by atoms with Gasteiger partial charge in [-0.15, -0.1) is 0 Å². The predicted molar refractivity (Wildman–Crippen MR) is 86.4 cm³/mol.